The largest absolute Gasteiger partial charge is 0.338 e. The van der Waals surface area contributed by atoms with Crippen molar-refractivity contribution in [3.8, 4) is 6.07 Å². The molecule has 2 aliphatic carbocycles. The molecule has 1 saturated heterocycles. The molecule has 3 fully saturated rings. The van der Waals surface area contributed by atoms with Gasteiger partial charge in [0.1, 0.15) is 5.41 Å². The first kappa shape index (κ1) is 12.0. The minimum absolute atomic E-state index is 0.160. The van der Waals surface area contributed by atoms with E-state index in [9.17, 15) is 10.1 Å². The van der Waals surface area contributed by atoms with E-state index in [-0.39, 0.29) is 5.91 Å². The molecule has 0 aromatic heterocycles. The third-order valence-electron chi connectivity index (χ3n) is 5.33. The number of carbonyl (C=O) groups is 1. The fraction of sp³-hybridized carbons (Fsp3) is 0.867. The number of likely N-dealkylation sites (tertiary alicyclic amines) is 1. The molecular formula is C15H22N2O. The standard InChI is InChI=1S/C15H22N2O/c16-11-15(8-4-9-15)14(18)17-10-3-6-12-5-1-2-7-13(12)17/h12-13H,1-10H2/t12-,13-/m1/s1. The normalized spacial score (nSPS) is 34.1. The second-order valence-electron chi connectivity index (χ2n) is 6.30. The number of fused-ring (bicyclic) bond motifs is 1. The third-order valence-corrected chi connectivity index (χ3v) is 5.33. The van der Waals surface area contributed by atoms with Crippen molar-refractivity contribution in [1.29, 1.82) is 5.26 Å². The average molecular weight is 246 g/mol. The van der Waals surface area contributed by atoms with Crippen molar-refractivity contribution in [2.45, 2.75) is 63.8 Å². The zero-order chi connectivity index (χ0) is 12.6. The molecular weight excluding hydrogens is 224 g/mol. The van der Waals surface area contributed by atoms with Crippen LogP contribution in [0.2, 0.25) is 0 Å². The highest BCUT2D eigenvalue weighted by Gasteiger charge is 2.49. The maximum absolute atomic E-state index is 12.7. The SMILES string of the molecule is N#CC1(C(=O)N2CCC[C@H]3CCCC[C@H]32)CCC1. The average Bonchev–Trinajstić information content (AvgIpc) is 2.37. The highest BCUT2D eigenvalue weighted by Crippen LogP contribution is 2.44. The van der Waals surface area contributed by atoms with Crippen molar-refractivity contribution in [3.05, 3.63) is 0 Å². The lowest BCUT2D eigenvalue weighted by Gasteiger charge is -2.48. The van der Waals surface area contributed by atoms with E-state index in [0.29, 0.717) is 12.0 Å². The van der Waals surface area contributed by atoms with E-state index in [1.165, 1.54) is 25.7 Å². The molecule has 1 amide bonds. The van der Waals surface area contributed by atoms with Gasteiger partial charge in [-0.05, 0) is 50.9 Å². The molecule has 3 nitrogen and oxygen atoms in total. The lowest BCUT2D eigenvalue weighted by Crippen LogP contribution is -2.56. The van der Waals surface area contributed by atoms with Gasteiger partial charge in [-0.3, -0.25) is 4.79 Å². The van der Waals surface area contributed by atoms with Gasteiger partial charge in [0.05, 0.1) is 6.07 Å². The van der Waals surface area contributed by atoms with Crippen molar-refractivity contribution in [2.24, 2.45) is 11.3 Å². The molecule has 3 heteroatoms. The van der Waals surface area contributed by atoms with Crippen molar-refractivity contribution in [1.82, 2.24) is 4.90 Å². The minimum atomic E-state index is -0.640. The van der Waals surface area contributed by atoms with Crippen molar-refractivity contribution >= 4 is 5.91 Å². The number of nitrogens with zero attached hydrogens (tertiary/aromatic N) is 2. The molecule has 0 aromatic rings. The fourth-order valence-electron chi connectivity index (χ4n) is 4.06. The lowest BCUT2D eigenvalue weighted by atomic mass is 9.67. The van der Waals surface area contributed by atoms with E-state index in [1.807, 2.05) is 0 Å². The van der Waals surface area contributed by atoms with Crippen LogP contribution in [0.1, 0.15) is 57.8 Å². The van der Waals surface area contributed by atoms with E-state index in [2.05, 4.69) is 11.0 Å². The Morgan fingerprint density at radius 2 is 1.83 bits per heavy atom. The van der Waals surface area contributed by atoms with Crippen LogP contribution in [0.15, 0.2) is 0 Å². The molecule has 3 rings (SSSR count). The van der Waals surface area contributed by atoms with Crippen LogP contribution in [-0.4, -0.2) is 23.4 Å². The Kier molecular flexibility index (Phi) is 3.05. The molecule has 2 saturated carbocycles. The van der Waals surface area contributed by atoms with Crippen LogP contribution >= 0.6 is 0 Å². The van der Waals surface area contributed by atoms with Crippen LogP contribution in [0.4, 0.5) is 0 Å². The zero-order valence-corrected chi connectivity index (χ0v) is 11.0. The second kappa shape index (κ2) is 4.57. The molecule has 18 heavy (non-hydrogen) atoms. The number of hydrogen-bond acceptors (Lipinski definition) is 2. The van der Waals surface area contributed by atoms with E-state index in [4.69, 9.17) is 0 Å². The first-order valence-electron chi connectivity index (χ1n) is 7.49. The summed E-state index contributed by atoms with van der Waals surface area (Å²) in [5.41, 5.74) is -0.640. The monoisotopic (exact) mass is 246 g/mol. The van der Waals surface area contributed by atoms with Crippen LogP contribution in [-0.2, 0) is 4.79 Å². The summed E-state index contributed by atoms with van der Waals surface area (Å²) in [6.45, 7) is 0.892. The molecule has 0 spiro atoms. The van der Waals surface area contributed by atoms with E-state index in [0.717, 1.165) is 38.6 Å². The number of piperidine rings is 1. The maximum Gasteiger partial charge on any atom is 0.243 e. The quantitative estimate of drug-likeness (QED) is 0.714. The van der Waals surface area contributed by atoms with E-state index < -0.39 is 5.41 Å². The first-order valence-corrected chi connectivity index (χ1v) is 7.49. The van der Waals surface area contributed by atoms with E-state index in [1.54, 1.807) is 0 Å². The Bertz CT molecular complexity index is 378. The van der Waals surface area contributed by atoms with Gasteiger partial charge in [0.25, 0.3) is 0 Å². The summed E-state index contributed by atoms with van der Waals surface area (Å²) in [6.07, 6.45) is 10.1. The molecule has 98 valence electrons. The Morgan fingerprint density at radius 3 is 2.50 bits per heavy atom. The lowest BCUT2D eigenvalue weighted by molar-refractivity contribution is -0.149. The highest BCUT2D eigenvalue weighted by molar-refractivity contribution is 5.86. The van der Waals surface area contributed by atoms with Crippen LogP contribution in [0, 0.1) is 22.7 Å². The zero-order valence-electron chi connectivity index (χ0n) is 11.0. The number of nitriles is 1. The van der Waals surface area contributed by atoms with Gasteiger partial charge in [-0.2, -0.15) is 5.26 Å². The smallest absolute Gasteiger partial charge is 0.243 e. The summed E-state index contributed by atoms with van der Waals surface area (Å²) in [7, 11) is 0. The minimum Gasteiger partial charge on any atom is -0.338 e. The molecule has 1 heterocycles. The molecule has 0 unspecified atom stereocenters. The third kappa shape index (κ3) is 1.74. The topological polar surface area (TPSA) is 44.1 Å². The molecule has 2 atom stereocenters. The summed E-state index contributed by atoms with van der Waals surface area (Å²) in [5, 5.41) is 9.34. The Balaban J connectivity index is 1.78. The van der Waals surface area contributed by atoms with Gasteiger partial charge >= 0.3 is 0 Å². The molecule has 0 aromatic carbocycles. The Morgan fingerprint density at radius 1 is 1.11 bits per heavy atom. The van der Waals surface area contributed by atoms with Gasteiger partial charge in [0.2, 0.25) is 5.91 Å². The van der Waals surface area contributed by atoms with Gasteiger partial charge in [-0.1, -0.05) is 12.8 Å². The van der Waals surface area contributed by atoms with Gasteiger partial charge in [-0.25, -0.2) is 0 Å². The van der Waals surface area contributed by atoms with Gasteiger partial charge in [0, 0.05) is 12.6 Å². The van der Waals surface area contributed by atoms with Crippen LogP contribution in [0.3, 0.4) is 0 Å². The summed E-state index contributed by atoms with van der Waals surface area (Å²) >= 11 is 0. The second-order valence-corrected chi connectivity index (χ2v) is 6.30. The highest BCUT2D eigenvalue weighted by atomic mass is 16.2. The van der Waals surface area contributed by atoms with Crippen LogP contribution in [0.25, 0.3) is 0 Å². The van der Waals surface area contributed by atoms with E-state index >= 15 is 0 Å². The first-order chi connectivity index (χ1) is 8.77. The molecule has 0 N–H and O–H groups in total. The van der Waals surface area contributed by atoms with Crippen LogP contribution < -0.4 is 0 Å². The van der Waals surface area contributed by atoms with Gasteiger partial charge in [-0.15, -0.1) is 0 Å². The van der Waals surface area contributed by atoms with Crippen molar-refractivity contribution < 1.29 is 4.79 Å². The number of hydrogen-bond donors (Lipinski definition) is 0. The molecule has 1 aliphatic heterocycles. The summed E-state index contributed by atoms with van der Waals surface area (Å²) in [5.74, 6) is 0.875. The van der Waals surface area contributed by atoms with Gasteiger partial charge in [0.15, 0.2) is 0 Å². The van der Waals surface area contributed by atoms with Crippen molar-refractivity contribution in [2.75, 3.05) is 6.54 Å². The predicted octanol–water partition coefficient (Wildman–Crippen LogP) is 2.86. The maximum atomic E-state index is 12.7. The summed E-state index contributed by atoms with van der Waals surface area (Å²) in [4.78, 5) is 14.8. The number of carbonyl (C=O) groups excluding carboxylic acids is 1. The molecule has 3 aliphatic rings. The van der Waals surface area contributed by atoms with Crippen molar-refractivity contribution in [3.63, 3.8) is 0 Å². The summed E-state index contributed by atoms with van der Waals surface area (Å²) < 4.78 is 0. The summed E-state index contributed by atoms with van der Waals surface area (Å²) in [6, 6.07) is 2.77. The Labute approximate surface area is 109 Å². The molecule has 0 radical (unpaired) electrons. The Hall–Kier alpha value is -1.04. The van der Waals surface area contributed by atoms with Gasteiger partial charge < -0.3 is 4.90 Å². The van der Waals surface area contributed by atoms with Crippen LogP contribution in [0.5, 0.6) is 0 Å². The number of rotatable bonds is 1. The molecule has 0 bridgehead atoms. The number of amides is 1. The predicted molar refractivity (Wildman–Crippen MR) is 68.6 cm³/mol. The fourth-order valence-corrected chi connectivity index (χ4v) is 4.06.